The van der Waals surface area contributed by atoms with E-state index in [0.29, 0.717) is 11.6 Å². The minimum absolute atomic E-state index is 0.0222. The van der Waals surface area contributed by atoms with E-state index < -0.39 is 5.23 Å². The summed E-state index contributed by atoms with van der Waals surface area (Å²) in [6.45, 7) is 0. The number of hydrogen-bond donors (Lipinski definition) is 4. The van der Waals surface area contributed by atoms with Crippen LogP contribution in [-0.4, -0.2) is 24.7 Å². The van der Waals surface area contributed by atoms with Crippen LogP contribution in [0.5, 0.6) is 0 Å². The highest BCUT2D eigenvalue weighted by Crippen LogP contribution is 2.26. The standard InChI is InChI=1S/C20H19N7O2/c1-26-11-10-21-19(26)14-6-5-9-16(12-14)23-18-17(27(28)29)13-22-20(25-18)24-15-7-3-2-4-8-15/h2-13,27-28H,1H3,(H2,22,23,24,25). The van der Waals surface area contributed by atoms with Gasteiger partial charge < -0.3 is 20.4 Å². The van der Waals surface area contributed by atoms with Crippen LogP contribution in [0.15, 0.2) is 73.2 Å². The van der Waals surface area contributed by atoms with Gasteiger partial charge in [0.05, 0.1) is 6.20 Å². The highest BCUT2D eigenvalue weighted by Gasteiger charge is 2.14. The van der Waals surface area contributed by atoms with Crippen molar-refractivity contribution in [2.75, 3.05) is 10.6 Å². The molecule has 2 heterocycles. The molecule has 0 aliphatic heterocycles. The number of benzene rings is 2. The van der Waals surface area contributed by atoms with Crippen molar-refractivity contribution in [3.05, 3.63) is 78.4 Å². The van der Waals surface area contributed by atoms with Crippen molar-refractivity contribution < 1.29 is 10.4 Å². The summed E-state index contributed by atoms with van der Waals surface area (Å²) in [7, 11) is 1.91. The van der Waals surface area contributed by atoms with E-state index in [2.05, 4.69) is 25.6 Å². The van der Waals surface area contributed by atoms with Crippen LogP contribution in [0.3, 0.4) is 0 Å². The van der Waals surface area contributed by atoms with Crippen molar-refractivity contribution in [2.24, 2.45) is 7.05 Å². The van der Waals surface area contributed by atoms with Crippen LogP contribution in [0.25, 0.3) is 11.4 Å². The first-order valence-corrected chi connectivity index (χ1v) is 8.87. The molecule has 29 heavy (non-hydrogen) atoms. The van der Waals surface area contributed by atoms with Gasteiger partial charge in [-0.3, -0.25) is 0 Å². The smallest absolute Gasteiger partial charge is 0.229 e. The van der Waals surface area contributed by atoms with Crippen LogP contribution in [0.4, 0.5) is 28.8 Å². The molecule has 4 N–H and O–H groups in total. The third-order valence-electron chi connectivity index (χ3n) is 4.25. The van der Waals surface area contributed by atoms with E-state index in [-0.39, 0.29) is 11.5 Å². The Kier molecular flexibility index (Phi) is 5.16. The van der Waals surface area contributed by atoms with Crippen LogP contribution in [-0.2, 0) is 7.05 Å². The van der Waals surface area contributed by atoms with Gasteiger partial charge in [-0.15, -0.1) is 0 Å². The second-order valence-electron chi connectivity index (χ2n) is 6.32. The molecule has 0 radical (unpaired) electrons. The van der Waals surface area contributed by atoms with Gasteiger partial charge in [0.15, 0.2) is 0 Å². The number of aromatic nitrogens is 4. The van der Waals surface area contributed by atoms with Gasteiger partial charge in [-0.25, -0.2) is 15.2 Å². The predicted octanol–water partition coefficient (Wildman–Crippen LogP) is 2.77. The molecule has 4 rings (SSSR count). The first kappa shape index (κ1) is 18.6. The Morgan fingerprint density at radius 2 is 1.79 bits per heavy atom. The number of quaternary nitrogens is 1. The highest BCUT2D eigenvalue weighted by molar-refractivity contribution is 5.70. The lowest BCUT2D eigenvalue weighted by atomic mass is 10.2. The van der Waals surface area contributed by atoms with Crippen LogP contribution < -0.4 is 15.9 Å². The molecular formula is C20H19N7O2. The number of rotatable bonds is 6. The van der Waals surface area contributed by atoms with Gasteiger partial charge in [-0.2, -0.15) is 10.2 Å². The average molecular weight is 389 g/mol. The number of para-hydroxylation sites is 1. The van der Waals surface area contributed by atoms with Crippen LogP contribution >= 0.6 is 0 Å². The van der Waals surface area contributed by atoms with E-state index in [9.17, 15) is 10.4 Å². The molecule has 9 heteroatoms. The number of anilines is 4. The van der Waals surface area contributed by atoms with Gasteiger partial charge in [0.1, 0.15) is 5.82 Å². The minimum Gasteiger partial charge on any atom is -0.595 e. The molecule has 0 bridgehead atoms. The quantitative estimate of drug-likeness (QED) is 0.375. The molecule has 2 aromatic heterocycles. The first-order valence-electron chi connectivity index (χ1n) is 8.87. The molecule has 9 nitrogen and oxygen atoms in total. The summed E-state index contributed by atoms with van der Waals surface area (Å²) >= 11 is 0. The fraction of sp³-hybridized carbons (Fsp3) is 0.0500. The summed E-state index contributed by atoms with van der Waals surface area (Å²) in [5.41, 5.74) is 2.37. The molecule has 0 saturated heterocycles. The van der Waals surface area contributed by atoms with E-state index in [1.165, 1.54) is 6.20 Å². The molecule has 146 valence electrons. The minimum atomic E-state index is -1.11. The zero-order valence-electron chi connectivity index (χ0n) is 15.6. The Balaban J connectivity index is 1.65. The molecule has 0 fully saturated rings. The van der Waals surface area contributed by atoms with Gasteiger partial charge in [-0.05, 0) is 24.3 Å². The zero-order valence-corrected chi connectivity index (χ0v) is 15.6. The molecule has 1 atom stereocenters. The van der Waals surface area contributed by atoms with E-state index >= 15 is 0 Å². The Morgan fingerprint density at radius 1 is 1.00 bits per heavy atom. The van der Waals surface area contributed by atoms with Crippen LogP contribution in [0.2, 0.25) is 0 Å². The number of nitrogens with one attached hydrogen (secondary N) is 3. The lowest BCUT2D eigenvalue weighted by Crippen LogP contribution is -2.99. The number of hydrogen-bond acceptors (Lipinski definition) is 7. The summed E-state index contributed by atoms with van der Waals surface area (Å²) in [6, 6.07) is 17.0. The monoisotopic (exact) mass is 389 g/mol. The first-order chi connectivity index (χ1) is 14.1. The highest BCUT2D eigenvalue weighted by atomic mass is 16.8. The SMILES string of the molecule is Cn1ccnc1-c1cccc(Nc2nc(Nc3ccccc3)ncc2[NH+]([O-])O)c1. The number of imidazole rings is 1. The van der Waals surface area contributed by atoms with Crippen molar-refractivity contribution in [1.29, 1.82) is 0 Å². The summed E-state index contributed by atoms with van der Waals surface area (Å²) in [5.74, 6) is 1.30. The average Bonchev–Trinajstić information content (AvgIpc) is 3.15. The Labute approximate surface area is 166 Å². The van der Waals surface area contributed by atoms with Crippen molar-refractivity contribution in [1.82, 2.24) is 19.5 Å². The largest absolute Gasteiger partial charge is 0.595 e. The summed E-state index contributed by atoms with van der Waals surface area (Å²) in [5, 5.41) is 26.2. The molecule has 0 aliphatic carbocycles. The van der Waals surface area contributed by atoms with E-state index in [1.54, 1.807) is 6.20 Å². The maximum atomic E-state index is 11.6. The van der Waals surface area contributed by atoms with Crippen LogP contribution in [0, 0.1) is 5.21 Å². The fourth-order valence-corrected chi connectivity index (χ4v) is 2.86. The molecule has 0 aliphatic rings. The Hall–Kier alpha value is -3.79. The number of aryl methyl sites for hydroxylation is 1. The van der Waals surface area contributed by atoms with Gasteiger partial charge in [0, 0.05) is 36.4 Å². The molecule has 0 spiro atoms. The van der Waals surface area contributed by atoms with Gasteiger partial charge in [0.25, 0.3) is 0 Å². The normalized spacial score (nSPS) is 11.8. The molecule has 4 aromatic rings. The predicted molar refractivity (Wildman–Crippen MR) is 109 cm³/mol. The van der Waals surface area contributed by atoms with E-state index in [0.717, 1.165) is 17.1 Å². The third-order valence-corrected chi connectivity index (χ3v) is 4.25. The maximum absolute atomic E-state index is 11.6. The molecular weight excluding hydrogens is 370 g/mol. The summed E-state index contributed by atoms with van der Waals surface area (Å²) in [6.07, 6.45) is 4.87. The second kappa shape index (κ2) is 8.07. The number of nitrogens with zero attached hydrogens (tertiary/aromatic N) is 4. The topological polar surface area (TPSA) is 115 Å². The van der Waals surface area contributed by atoms with Crippen molar-refractivity contribution in [3.63, 3.8) is 0 Å². The lowest BCUT2D eigenvalue weighted by molar-refractivity contribution is -0.991. The van der Waals surface area contributed by atoms with Crippen molar-refractivity contribution >= 4 is 28.8 Å². The second-order valence-corrected chi connectivity index (χ2v) is 6.32. The van der Waals surface area contributed by atoms with Crippen LogP contribution in [0.1, 0.15) is 0 Å². The lowest BCUT2D eigenvalue weighted by Gasteiger charge is -2.17. The van der Waals surface area contributed by atoms with Gasteiger partial charge in [-0.1, -0.05) is 30.3 Å². The van der Waals surface area contributed by atoms with E-state index in [1.807, 2.05) is 72.4 Å². The Bertz CT molecular complexity index is 1110. The fourth-order valence-electron chi connectivity index (χ4n) is 2.86. The van der Waals surface area contributed by atoms with Gasteiger partial charge >= 0.3 is 0 Å². The van der Waals surface area contributed by atoms with Gasteiger partial charge in [0.2, 0.25) is 17.5 Å². The molecule has 2 aromatic carbocycles. The Morgan fingerprint density at radius 3 is 2.52 bits per heavy atom. The zero-order chi connectivity index (χ0) is 20.2. The third kappa shape index (κ3) is 4.22. The molecule has 0 saturated carbocycles. The van der Waals surface area contributed by atoms with Crippen molar-refractivity contribution in [3.8, 4) is 11.4 Å². The maximum Gasteiger partial charge on any atom is 0.229 e. The summed E-state index contributed by atoms with van der Waals surface area (Å²) < 4.78 is 1.91. The summed E-state index contributed by atoms with van der Waals surface area (Å²) in [4.78, 5) is 12.8. The molecule has 1 unspecified atom stereocenters. The molecule has 0 amide bonds. The van der Waals surface area contributed by atoms with E-state index in [4.69, 9.17) is 0 Å². The van der Waals surface area contributed by atoms with Crippen molar-refractivity contribution in [2.45, 2.75) is 0 Å².